The van der Waals surface area contributed by atoms with E-state index in [2.05, 4.69) is 15.5 Å². The van der Waals surface area contributed by atoms with Crippen LogP contribution in [0, 0.1) is 5.82 Å². The van der Waals surface area contributed by atoms with E-state index in [1.54, 1.807) is 48.4 Å². The second-order valence-corrected chi connectivity index (χ2v) is 10.1. The van der Waals surface area contributed by atoms with Gasteiger partial charge in [0.2, 0.25) is 0 Å². The standard InChI is InChI=1S/C31H34FN5O4/c1-41-26-5-2-4-23(20-26)29(38)34-27-21-24(31(40)36-14-3-12-33-13-15-36)8-11-28(27)35-16-18-37(19-17-35)30(39)22-6-9-25(32)10-7-22/h2,4-11,20-21,33H,3,12-19H2,1H3,(H,34,38). The SMILES string of the molecule is COc1cccc(C(=O)Nc2cc(C(=O)N3CCCNCC3)ccc2N2CCN(C(=O)c3ccc(F)cc3)CC2)c1. The number of ether oxygens (including phenoxy) is 1. The van der Waals surface area contributed by atoms with Gasteiger partial charge in [-0.2, -0.15) is 0 Å². The van der Waals surface area contributed by atoms with Gasteiger partial charge in [-0.25, -0.2) is 4.39 Å². The number of nitrogens with zero attached hydrogens (tertiary/aromatic N) is 3. The normalized spacial score (nSPS) is 15.7. The highest BCUT2D eigenvalue weighted by molar-refractivity contribution is 6.07. The van der Waals surface area contributed by atoms with Crippen molar-refractivity contribution >= 4 is 29.1 Å². The maximum Gasteiger partial charge on any atom is 0.255 e. The highest BCUT2D eigenvalue weighted by Gasteiger charge is 2.26. The molecule has 2 fully saturated rings. The van der Waals surface area contributed by atoms with Gasteiger partial charge < -0.3 is 30.1 Å². The van der Waals surface area contributed by atoms with Crippen LogP contribution in [0.15, 0.2) is 66.7 Å². The first kappa shape index (κ1) is 28.1. The Hall–Kier alpha value is -4.44. The van der Waals surface area contributed by atoms with E-state index < -0.39 is 0 Å². The summed E-state index contributed by atoms with van der Waals surface area (Å²) in [4.78, 5) is 45.3. The fraction of sp³-hybridized carbons (Fsp3) is 0.323. The Labute approximate surface area is 238 Å². The van der Waals surface area contributed by atoms with E-state index in [0.717, 1.165) is 25.2 Å². The molecule has 0 atom stereocenters. The highest BCUT2D eigenvalue weighted by atomic mass is 19.1. The molecule has 9 nitrogen and oxygen atoms in total. The number of carbonyl (C=O) groups is 3. The van der Waals surface area contributed by atoms with E-state index in [0.29, 0.717) is 67.4 Å². The van der Waals surface area contributed by atoms with E-state index in [4.69, 9.17) is 4.74 Å². The van der Waals surface area contributed by atoms with Crippen LogP contribution in [0.4, 0.5) is 15.8 Å². The maximum absolute atomic E-state index is 13.4. The van der Waals surface area contributed by atoms with Crippen LogP contribution in [0.5, 0.6) is 5.75 Å². The molecule has 0 aliphatic carbocycles. The van der Waals surface area contributed by atoms with E-state index in [1.165, 1.54) is 24.3 Å². The van der Waals surface area contributed by atoms with Crippen LogP contribution in [-0.4, -0.2) is 87.0 Å². The number of rotatable bonds is 6. The van der Waals surface area contributed by atoms with Gasteiger partial charge in [-0.3, -0.25) is 14.4 Å². The number of amides is 3. The summed E-state index contributed by atoms with van der Waals surface area (Å²) < 4.78 is 18.6. The minimum atomic E-state index is -0.385. The average Bonchev–Trinajstić information content (AvgIpc) is 3.31. The Kier molecular flexibility index (Phi) is 8.79. The molecule has 0 spiro atoms. The fourth-order valence-electron chi connectivity index (χ4n) is 5.16. The summed E-state index contributed by atoms with van der Waals surface area (Å²) in [6, 6.07) is 17.8. The highest BCUT2D eigenvalue weighted by Crippen LogP contribution is 2.30. The number of hydrogen-bond donors (Lipinski definition) is 2. The Morgan fingerprint density at radius 1 is 0.780 bits per heavy atom. The minimum absolute atomic E-state index is 0.0770. The summed E-state index contributed by atoms with van der Waals surface area (Å²) in [6.45, 7) is 4.88. The lowest BCUT2D eigenvalue weighted by Crippen LogP contribution is -2.49. The second-order valence-electron chi connectivity index (χ2n) is 10.1. The third-order valence-corrected chi connectivity index (χ3v) is 7.45. The third kappa shape index (κ3) is 6.66. The van der Waals surface area contributed by atoms with Crippen molar-refractivity contribution in [1.29, 1.82) is 0 Å². The molecule has 3 aromatic carbocycles. The van der Waals surface area contributed by atoms with Gasteiger partial charge in [0.05, 0.1) is 18.5 Å². The lowest BCUT2D eigenvalue weighted by Gasteiger charge is -2.37. The maximum atomic E-state index is 13.4. The molecule has 41 heavy (non-hydrogen) atoms. The summed E-state index contributed by atoms with van der Waals surface area (Å²) in [5.41, 5.74) is 2.67. The van der Waals surface area contributed by atoms with E-state index in [9.17, 15) is 18.8 Å². The number of halogens is 1. The number of methoxy groups -OCH3 is 1. The van der Waals surface area contributed by atoms with Gasteiger partial charge in [0, 0.05) is 62.5 Å². The molecule has 5 rings (SSSR count). The Morgan fingerprint density at radius 2 is 1.49 bits per heavy atom. The van der Waals surface area contributed by atoms with Crippen molar-refractivity contribution in [3.8, 4) is 5.75 Å². The molecule has 3 amide bonds. The quantitative estimate of drug-likeness (QED) is 0.481. The lowest BCUT2D eigenvalue weighted by atomic mass is 10.1. The molecule has 2 aliphatic heterocycles. The molecule has 214 valence electrons. The fourth-order valence-corrected chi connectivity index (χ4v) is 5.16. The largest absolute Gasteiger partial charge is 0.497 e. The zero-order valence-electron chi connectivity index (χ0n) is 23.1. The van der Waals surface area contributed by atoms with Crippen molar-refractivity contribution in [3.05, 3.63) is 89.2 Å². The molecular weight excluding hydrogens is 525 g/mol. The molecule has 0 radical (unpaired) electrons. The lowest BCUT2D eigenvalue weighted by molar-refractivity contribution is 0.0743. The summed E-state index contributed by atoms with van der Waals surface area (Å²) in [6.07, 6.45) is 0.879. The molecule has 0 unspecified atom stereocenters. The van der Waals surface area contributed by atoms with Crippen LogP contribution in [0.2, 0.25) is 0 Å². The number of nitrogens with one attached hydrogen (secondary N) is 2. The number of benzene rings is 3. The third-order valence-electron chi connectivity index (χ3n) is 7.45. The Morgan fingerprint density at radius 3 is 2.24 bits per heavy atom. The van der Waals surface area contributed by atoms with Crippen molar-refractivity contribution in [1.82, 2.24) is 15.1 Å². The van der Waals surface area contributed by atoms with E-state index >= 15 is 0 Å². The van der Waals surface area contributed by atoms with Gasteiger partial charge >= 0.3 is 0 Å². The zero-order valence-corrected chi connectivity index (χ0v) is 23.1. The first-order chi connectivity index (χ1) is 19.9. The smallest absolute Gasteiger partial charge is 0.255 e. The Balaban J connectivity index is 1.37. The summed E-state index contributed by atoms with van der Waals surface area (Å²) in [5.74, 6) is -0.363. The first-order valence-electron chi connectivity index (χ1n) is 13.8. The monoisotopic (exact) mass is 559 g/mol. The van der Waals surface area contributed by atoms with Gasteiger partial charge in [0.25, 0.3) is 17.7 Å². The molecular formula is C31H34FN5O4. The van der Waals surface area contributed by atoms with Crippen LogP contribution in [0.3, 0.4) is 0 Å². The van der Waals surface area contributed by atoms with Gasteiger partial charge in [-0.1, -0.05) is 6.07 Å². The van der Waals surface area contributed by atoms with Crippen LogP contribution >= 0.6 is 0 Å². The Bertz CT molecular complexity index is 1400. The van der Waals surface area contributed by atoms with Crippen LogP contribution in [0.1, 0.15) is 37.5 Å². The van der Waals surface area contributed by atoms with E-state index in [1.807, 2.05) is 11.0 Å². The minimum Gasteiger partial charge on any atom is -0.497 e. The zero-order chi connectivity index (χ0) is 28.8. The van der Waals surface area contributed by atoms with Crippen molar-refractivity contribution in [2.45, 2.75) is 6.42 Å². The van der Waals surface area contributed by atoms with Crippen molar-refractivity contribution in [2.24, 2.45) is 0 Å². The summed E-state index contributed by atoms with van der Waals surface area (Å²) >= 11 is 0. The van der Waals surface area contributed by atoms with Gasteiger partial charge in [0.1, 0.15) is 11.6 Å². The van der Waals surface area contributed by atoms with Crippen molar-refractivity contribution in [3.63, 3.8) is 0 Å². The molecule has 2 heterocycles. The van der Waals surface area contributed by atoms with E-state index in [-0.39, 0.29) is 23.5 Å². The number of piperazine rings is 1. The molecule has 10 heteroatoms. The van der Waals surface area contributed by atoms with Gasteiger partial charge in [-0.15, -0.1) is 0 Å². The topological polar surface area (TPSA) is 94.2 Å². The molecule has 3 aromatic rings. The summed E-state index contributed by atoms with van der Waals surface area (Å²) in [5, 5.41) is 6.33. The van der Waals surface area contributed by atoms with Crippen LogP contribution in [0.25, 0.3) is 0 Å². The number of anilines is 2. The predicted octanol–water partition coefficient (Wildman–Crippen LogP) is 3.48. The second kappa shape index (κ2) is 12.8. The first-order valence-corrected chi connectivity index (χ1v) is 13.8. The molecule has 0 bridgehead atoms. The molecule has 0 aromatic heterocycles. The van der Waals surface area contributed by atoms with Gasteiger partial charge in [-0.05, 0) is 73.6 Å². The van der Waals surface area contributed by atoms with Crippen molar-refractivity contribution < 1.29 is 23.5 Å². The molecule has 0 saturated carbocycles. The predicted molar refractivity (Wildman–Crippen MR) is 155 cm³/mol. The average molecular weight is 560 g/mol. The van der Waals surface area contributed by atoms with Crippen molar-refractivity contribution in [2.75, 3.05) is 69.7 Å². The molecule has 2 saturated heterocycles. The number of hydrogen-bond acceptors (Lipinski definition) is 6. The summed E-state index contributed by atoms with van der Waals surface area (Å²) in [7, 11) is 1.54. The molecule has 2 N–H and O–H groups in total. The molecule has 2 aliphatic rings. The number of carbonyl (C=O) groups excluding carboxylic acids is 3. The van der Waals surface area contributed by atoms with Crippen LogP contribution < -0.4 is 20.3 Å². The van der Waals surface area contributed by atoms with Gasteiger partial charge in [0.15, 0.2) is 0 Å². The van der Waals surface area contributed by atoms with Crippen LogP contribution in [-0.2, 0) is 0 Å².